The number of ether oxygens (including phenoxy) is 1. The van der Waals surface area contributed by atoms with Crippen molar-refractivity contribution in [3.63, 3.8) is 0 Å². The van der Waals surface area contributed by atoms with Crippen LogP contribution in [0.2, 0.25) is 0 Å². The van der Waals surface area contributed by atoms with Gasteiger partial charge in [-0.15, -0.1) is 0 Å². The largest absolute Gasteiger partial charge is 0.382 e. The second kappa shape index (κ2) is 12.7. The van der Waals surface area contributed by atoms with Gasteiger partial charge in [0.25, 0.3) is 5.91 Å². The first-order chi connectivity index (χ1) is 8.01. The van der Waals surface area contributed by atoms with Gasteiger partial charge in [-0.25, -0.2) is 0 Å². The Bertz CT molecular complexity index is 226. The fraction of sp³-hybridized carbons (Fsp3) is 0.667. The summed E-state index contributed by atoms with van der Waals surface area (Å²) in [6.45, 7) is 6.95. The van der Waals surface area contributed by atoms with Gasteiger partial charge in [-0.05, 0) is 20.3 Å². The summed E-state index contributed by atoms with van der Waals surface area (Å²) in [5, 5.41) is 1.99. The van der Waals surface area contributed by atoms with Crippen LogP contribution in [0.4, 0.5) is 0 Å². The second-order valence-electron chi connectivity index (χ2n) is 3.47. The number of nitrogens with one attached hydrogen (secondary N) is 1. The molecule has 0 saturated heterocycles. The van der Waals surface area contributed by atoms with Crippen LogP contribution in [-0.4, -0.2) is 44.0 Å². The van der Waals surface area contributed by atoms with Gasteiger partial charge in [-0.3, -0.25) is 14.9 Å². The lowest BCUT2D eigenvalue weighted by Crippen LogP contribution is -2.19. The molecule has 0 spiro atoms. The predicted octanol–water partition coefficient (Wildman–Crippen LogP) is 1.16. The second-order valence-corrected chi connectivity index (χ2v) is 3.47. The molecule has 17 heavy (non-hydrogen) atoms. The molecule has 0 aromatic rings. The van der Waals surface area contributed by atoms with Crippen molar-refractivity contribution in [3.8, 4) is 0 Å². The lowest BCUT2D eigenvalue weighted by Gasteiger charge is -2.07. The lowest BCUT2D eigenvalue weighted by molar-refractivity contribution is -0.121. The first kappa shape index (κ1) is 18.0. The van der Waals surface area contributed by atoms with Crippen molar-refractivity contribution in [2.45, 2.75) is 33.3 Å². The molecule has 1 N–H and O–H groups in total. The van der Waals surface area contributed by atoms with Gasteiger partial charge in [-0.1, -0.05) is 6.92 Å². The first-order valence-electron chi connectivity index (χ1n) is 5.67. The highest BCUT2D eigenvalue weighted by atomic mass is 16.5. The van der Waals surface area contributed by atoms with Crippen molar-refractivity contribution in [1.29, 1.82) is 0 Å². The molecule has 0 heterocycles. The quantitative estimate of drug-likeness (QED) is 0.562. The normalized spacial score (nSPS) is 11.4. The molecule has 0 aliphatic heterocycles. The topological polar surface area (TPSA) is 58.6 Å². The van der Waals surface area contributed by atoms with Gasteiger partial charge < -0.3 is 9.64 Å². The van der Waals surface area contributed by atoms with E-state index in [-0.39, 0.29) is 0 Å². The van der Waals surface area contributed by atoms with Gasteiger partial charge in [0.2, 0.25) is 6.41 Å². The van der Waals surface area contributed by atoms with E-state index in [0.717, 1.165) is 13.0 Å². The maximum atomic E-state index is 10.6. The number of rotatable bonds is 6. The maximum Gasteiger partial charge on any atom is 0.251 e. The highest BCUT2D eigenvalue weighted by Gasteiger charge is 1.91. The molecule has 0 aliphatic rings. The highest BCUT2D eigenvalue weighted by Crippen LogP contribution is 1.89. The van der Waals surface area contributed by atoms with Gasteiger partial charge >= 0.3 is 0 Å². The van der Waals surface area contributed by atoms with Crippen molar-refractivity contribution < 1.29 is 14.3 Å². The Labute approximate surface area is 104 Å². The average Bonchev–Trinajstić information content (AvgIpc) is 2.35. The third kappa shape index (κ3) is 14.6. The Kier molecular flexibility index (Phi) is 13.5. The van der Waals surface area contributed by atoms with Crippen molar-refractivity contribution in [3.05, 3.63) is 12.3 Å². The maximum absolute atomic E-state index is 10.6. The summed E-state index contributed by atoms with van der Waals surface area (Å²) in [6.07, 6.45) is 4.82. The van der Waals surface area contributed by atoms with Crippen LogP contribution < -0.4 is 5.32 Å². The van der Waals surface area contributed by atoms with E-state index >= 15 is 0 Å². The van der Waals surface area contributed by atoms with Crippen molar-refractivity contribution in [2.24, 2.45) is 0 Å². The summed E-state index contributed by atoms with van der Waals surface area (Å²) in [6, 6.07) is 0. The van der Waals surface area contributed by atoms with Crippen LogP contribution in [-0.2, 0) is 14.3 Å². The van der Waals surface area contributed by atoms with Crippen molar-refractivity contribution >= 4 is 12.3 Å². The number of methoxy groups -OCH3 is 1. The lowest BCUT2D eigenvalue weighted by atomic mass is 10.3. The van der Waals surface area contributed by atoms with Crippen LogP contribution in [0.3, 0.4) is 0 Å². The Morgan fingerprint density at radius 3 is 2.35 bits per heavy atom. The van der Waals surface area contributed by atoms with Crippen molar-refractivity contribution in [2.75, 3.05) is 20.7 Å². The minimum atomic E-state index is -0.402. The highest BCUT2D eigenvalue weighted by molar-refractivity contribution is 5.94. The average molecular weight is 244 g/mol. The van der Waals surface area contributed by atoms with Crippen LogP contribution in [0.25, 0.3) is 0 Å². The fourth-order valence-electron chi connectivity index (χ4n) is 0.573. The van der Waals surface area contributed by atoms with E-state index in [4.69, 9.17) is 4.74 Å². The predicted molar refractivity (Wildman–Crippen MR) is 68.4 cm³/mol. The molecule has 0 fully saturated rings. The molecule has 0 aromatic heterocycles. The summed E-state index contributed by atoms with van der Waals surface area (Å²) >= 11 is 0. The van der Waals surface area contributed by atoms with Gasteiger partial charge in [-0.2, -0.15) is 0 Å². The van der Waals surface area contributed by atoms with E-state index in [9.17, 15) is 9.59 Å². The number of imide groups is 1. The van der Waals surface area contributed by atoms with E-state index in [1.807, 2.05) is 24.2 Å². The minimum Gasteiger partial charge on any atom is -0.382 e. The number of carbonyl (C=O) groups excluding carboxylic acids is 2. The van der Waals surface area contributed by atoms with Crippen LogP contribution in [0.5, 0.6) is 0 Å². The molecule has 2 amide bonds. The zero-order valence-electron chi connectivity index (χ0n) is 11.4. The zero-order valence-corrected chi connectivity index (χ0v) is 11.4. The molecule has 0 rings (SSSR count). The number of hydrogen-bond acceptors (Lipinski definition) is 4. The number of nitrogens with zero attached hydrogens (tertiary/aromatic N) is 1. The summed E-state index contributed by atoms with van der Waals surface area (Å²) in [4.78, 5) is 22.2. The third-order valence-corrected chi connectivity index (χ3v) is 2.16. The third-order valence-electron chi connectivity index (χ3n) is 2.16. The van der Waals surface area contributed by atoms with Crippen LogP contribution >= 0.6 is 0 Å². The van der Waals surface area contributed by atoms with Crippen LogP contribution in [0.1, 0.15) is 27.2 Å². The summed E-state index contributed by atoms with van der Waals surface area (Å²) < 4.78 is 4.90. The number of hydrogen-bond donors (Lipinski definition) is 1. The molecular weight excluding hydrogens is 220 g/mol. The van der Waals surface area contributed by atoms with Gasteiger partial charge in [0, 0.05) is 33.0 Å². The molecule has 0 saturated carbocycles. The van der Waals surface area contributed by atoms with E-state index in [1.165, 1.54) is 6.08 Å². The minimum absolute atomic E-state index is 0.360. The molecule has 5 nitrogen and oxygen atoms in total. The molecule has 100 valence electrons. The summed E-state index contributed by atoms with van der Waals surface area (Å²) in [5.74, 6) is -0.402. The monoisotopic (exact) mass is 244 g/mol. The van der Waals surface area contributed by atoms with Gasteiger partial charge in [0.1, 0.15) is 0 Å². The Morgan fingerprint density at radius 1 is 1.47 bits per heavy atom. The molecule has 0 bridgehead atoms. The zero-order chi connectivity index (χ0) is 13.7. The summed E-state index contributed by atoms with van der Waals surface area (Å²) in [5.41, 5.74) is 0. The molecule has 1 atom stereocenters. The Balaban J connectivity index is 0. The van der Waals surface area contributed by atoms with E-state index in [1.54, 1.807) is 13.3 Å². The number of carbonyl (C=O) groups is 2. The van der Waals surface area contributed by atoms with E-state index in [0.29, 0.717) is 12.5 Å². The Hall–Kier alpha value is -1.36. The van der Waals surface area contributed by atoms with Crippen molar-refractivity contribution in [1.82, 2.24) is 10.2 Å². The van der Waals surface area contributed by atoms with Crippen LogP contribution in [0.15, 0.2) is 12.3 Å². The van der Waals surface area contributed by atoms with Gasteiger partial charge in [0.15, 0.2) is 0 Å². The SMILES string of the molecule is CCN(C)/C=C\C(=O)NC=O.CC[C@H](C)OC. The molecule has 0 aromatic carbocycles. The fourth-order valence-corrected chi connectivity index (χ4v) is 0.573. The van der Waals surface area contributed by atoms with E-state index < -0.39 is 5.91 Å². The molecule has 0 unspecified atom stereocenters. The molecule has 0 aliphatic carbocycles. The van der Waals surface area contributed by atoms with E-state index in [2.05, 4.69) is 13.8 Å². The molecule has 0 radical (unpaired) electrons. The standard InChI is InChI=1S/C7H12N2O2.C5H12O/c1-3-9(2)5-4-7(11)8-6-10;1-4-5(2)6-3/h4-6H,3H2,1-2H3,(H,8,10,11);5H,4H2,1-3H3/b5-4-;/t;5-/m.0/s1. The smallest absolute Gasteiger partial charge is 0.251 e. The first-order valence-corrected chi connectivity index (χ1v) is 5.67. The van der Waals surface area contributed by atoms with Gasteiger partial charge in [0.05, 0.1) is 6.10 Å². The Morgan fingerprint density at radius 2 is 2.06 bits per heavy atom. The molecular formula is C12H24N2O3. The van der Waals surface area contributed by atoms with Crippen LogP contribution in [0, 0.1) is 0 Å². The number of amides is 2. The summed E-state index contributed by atoms with van der Waals surface area (Å²) in [7, 11) is 3.57. The molecule has 5 heteroatoms.